The zero-order valence-corrected chi connectivity index (χ0v) is 18.1. The van der Waals surface area contributed by atoms with E-state index in [-0.39, 0.29) is 12.8 Å². The third-order valence-corrected chi connectivity index (χ3v) is 5.45. The van der Waals surface area contributed by atoms with E-state index in [2.05, 4.69) is 0 Å². The molecule has 0 aliphatic carbocycles. The Labute approximate surface area is 188 Å². The number of alkyl halides is 18. The Bertz CT molecular complexity index is 651. The lowest BCUT2D eigenvalue weighted by atomic mass is 9.87. The van der Waals surface area contributed by atoms with Gasteiger partial charge in [0.05, 0.1) is 0 Å². The van der Waals surface area contributed by atoms with Crippen LogP contribution in [0.15, 0.2) is 0 Å². The van der Waals surface area contributed by atoms with Crippen LogP contribution < -0.4 is 0 Å². The molecule has 0 bridgehead atoms. The topological polar surface area (TPSA) is 0 Å². The smallest absolute Gasteiger partial charge is 0.200 e. The van der Waals surface area contributed by atoms with E-state index in [1.165, 1.54) is 0 Å². The molecule has 200 valence electrons. The lowest BCUT2D eigenvalue weighted by Crippen LogP contribution is -2.74. The average Bonchev–Trinajstić information content (AvgIpc) is 2.59. The molecule has 0 aromatic rings. The molecule has 0 N–H and O–H groups in total. The van der Waals surface area contributed by atoms with Crippen molar-refractivity contribution in [3.8, 4) is 0 Å². The molecule has 0 nitrogen and oxygen atoms in total. The van der Waals surface area contributed by atoms with Crippen molar-refractivity contribution in [3.63, 3.8) is 0 Å². The SMILES string of the molecule is CCCCCC(I)CC(F)(F)C(F)(F)C(F)(F)C(F)(F)C(F)(F)C(F)(F)C(F)(F)C(F)(F)F. The third kappa shape index (κ3) is 5.23. The normalized spacial score (nSPS) is 16.8. The van der Waals surface area contributed by atoms with Crippen molar-refractivity contribution in [2.75, 3.05) is 0 Å². The van der Waals surface area contributed by atoms with Gasteiger partial charge in [0.1, 0.15) is 0 Å². The number of hydrogen-bond donors (Lipinski definition) is 0. The van der Waals surface area contributed by atoms with Crippen LogP contribution in [0.25, 0.3) is 0 Å². The van der Waals surface area contributed by atoms with Gasteiger partial charge in [-0.1, -0.05) is 48.8 Å². The summed E-state index contributed by atoms with van der Waals surface area (Å²) in [5, 5.41) is 0. The zero-order valence-electron chi connectivity index (χ0n) is 15.9. The Morgan fingerprint density at radius 1 is 0.515 bits per heavy atom. The fourth-order valence-corrected chi connectivity index (χ4v) is 3.31. The summed E-state index contributed by atoms with van der Waals surface area (Å²) in [7, 11) is 0. The molecular weight excluding hydrogens is 630 g/mol. The summed E-state index contributed by atoms with van der Waals surface area (Å²) >= 11 is 1.01. The van der Waals surface area contributed by atoms with E-state index in [9.17, 15) is 74.6 Å². The largest absolute Gasteiger partial charge is 0.460 e. The Balaban J connectivity index is 6.37. The van der Waals surface area contributed by atoms with Crippen LogP contribution in [-0.4, -0.2) is 51.6 Å². The highest BCUT2D eigenvalue weighted by molar-refractivity contribution is 14.1. The maximum absolute atomic E-state index is 13.8. The molecule has 0 saturated heterocycles. The van der Waals surface area contributed by atoms with Crippen LogP contribution in [0, 0.1) is 0 Å². The van der Waals surface area contributed by atoms with Crippen molar-refractivity contribution < 1.29 is 74.6 Å². The summed E-state index contributed by atoms with van der Waals surface area (Å²) in [6, 6.07) is 0. The summed E-state index contributed by atoms with van der Waals surface area (Å²) in [5.41, 5.74) is 0. The van der Waals surface area contributed by atoms with E-state index in [1.807, 2.05) is 0 Å². The van der Waals surface area contributed by atoms with Gasteiger partial charge in [0.25, 0.3) is 0 Å². The molecule has 0 rings (SSSR count). The molecule has 1 atom stereocenters. The predicted molar refractivity (Wildman–Crippen MR) is 87.3 cm³/mol. The average molecular weight is 644 g/mol. The van der Waals surface area contributed by atoms with Crippen molar-refractivity contribution >= 4 is 22.6 Å². The second kappa shape index (κ2) is 9.54. The minimum atomic E-state index is -8.58. The van der Waals surface area contributed by atoms with E-state index in [0.29, 0.717) is 12.8 Å². The van der Waals surface area contributed by atoms with Crippen molar-refractivity contribution in [1.82, 2.24) is 0 Å². The minimum absolute atomic E-state index is 0.0507. The summed E-state index contributed by atoms with van der Waals surface area (Å²) in [5.74, 6) is -55.8. The molecule has 0 aromatic heterocycles. The molecule has 0 aliphatic heterocycles. The number of hydrogen-bond acceptors (Lipinski definition) is 0. The van der Waals surface area contributed by atoms with Crippen molar-refractivity contribution in [1.29, 1.82) is 0 Å². The number of rotatable bonds is 12. The van der Waals surface area contributed by atoms with E-state index < -0.39 is 58.0 Å². The van der Waals surface area contributed by atoms with Crippen LogP contribution in [0.3, 0.4) is 0 Å². The summed E-state index contributed by atoms with van der Waals surface area (Å²) < 4.78 is 222. The lowest BCUT2D eigenvalue weighted by molar-refractivity contribution is -0.461. The van der Waals surface area contributed by atoms with Crippen molar-refractivity contribution in [2.24, 2.45) is 0 Å². The first-order valence-corrected chi connectivity index (χ1v) is 9.80. The quantitative estimate of drug-likeness (QED) is 0.0863. The summed E-state index contributed by atoms with van der Waals surface area (Å²) in [4.78, 5) is 0. The highest BCUT2D eigenvalue weighted by Gasteiger charge is 2.95. The van der Waals surface area contributed by atoms with Gasteiger partial charge in [-0.2, -0.15) is 74.6 Å². The molecule has 18 heteroatoms. The number of unbranched alkanes of at least 4 members (excludes halogenated alkanes) is 2. The molecular formula is C15H14F17I. The predicted octanol–water partition coefficient (Wildman–Crippen LogP) is 8.77. The van der Waals surface area contributed by atoms with E-state index >= 15 is 0 Å². The maximum Gasteiger partial charge on any atom is 0.460 e. The molecule has 0 fully saturated rings. The fraction of sp³-hybridized carbons (Fsp3) is 1.00. The van der Waals surface area contributed by atoms with Crippen LogP contribution in [0.4, 0.5) is 74.6 Å². The van der Waals surface area contributed by atoms with Gasteiger partial charge in [0.2, 0.25) is 0 Å². The van der Waals surface area contributed by atoms with Crippen LogP contribution in [0.1, 0.15) is 39.0 Å². The highest BCUT2D eigenvalue weighted by Crippen LogP contribution is 2.64. The third-order valence-electron chi connectivity index (χ3n) is 4.39. The molecule has 0 heterocycles. The van der Waals surface area contributed by atoms with Gasteiger partial charge < -0.3 is 0 Å². The van der Waals surface area contributed by atoms with Crippen LogP contribution >= 0.6 is 22.6 Å². The van der Waals surface area contributed by atoms with Crippen molar-refractivity contribution in [2.45, 2.75) is 90.6 Å². The van der Waals surface area contributed by atoms with Gasteiger partial charge >= 0.3 is 47.6 Å². The molecule has 0 saturated carbocycles. The molecule has 1 unspecified atom stereocenters. The Morgan fingerprint density at radius 3 is 1.18 bits per heavy atom. The Morgan fingerprint density at radius 2 is 0.848 bits per heavy atom. The van der Waals surface area contributed by atoms with E-state index in [0.717, 1.165) is 22.6 Å². The van der Waals surface area contributed by atoms with E-state index in [1.54, 1.807) is 6.92 Å². The van der Waals surface area contributed by atoms with Gasteiger partial charge in [-0.05, 0) is 6.42 Å². The van der Waals surface area contributed by atoms with Crippen LogP contribution in [0.5, 0.6) is 0 Å². The molecule has 33 heavy (non-hydrogen) atoms. The monoisotopic (exact) mass is 644 g/mol. The van der Waals surface area contributed by atoms with Gasteiger partial charge in [-0.25, -0.2) is 0 Å². The van der Waals surface area contributed by atoms with E-state index in [4.69, 9.17) is 0 Å². The molecule has 0 amide bonds. The van der Waals surface area contributed by atoms with Gasteiger partial charge in [0.15, 0.2) is 0 Å². The zero-order chi connectivity index (χ0) is 27.1. The van der Waals surface area contributed by atoms with Gasteiger partial charge in [0, 0.05) is 10.3 Å². The summed E-state index contributed by atoms with van der Waals surface area (Å²) in [6.45, 7) is 1.60. The maximum atomic E-state index is 13.8. The Hall–Kier alpha value is -0.460. The highest BCUT2D eigenvalue weighted by atomic mass is 127. The first-order chi connectivity index (χ1) is 14.2. The molecule has 0 aliphatic rings. The van der Waals surface area contributed by atoms with Crippen LogP contribution in [0.2, 0.25) is 0 Å². The summed E-state index contributed by atoms with van der Waals surface area (Å²) in [6.07, 6.45) is -9.65. The molecule has 0 radical (unpaired) electrons. The van der Waals surface area contributed by atoms with Crippen molar-refractivity contribution in [3.05, 3.63) is 0 Å². The van der Waals surface area contributed by atoms with Gasteiger partial charge in [-0.15, -0.1) is 0 Å². The molecule has 0 aromatic carbocycles. The fourth-order valence-electron chi connectivity index (χ4n) is 2.32. The second-order valence-electron chi connectivity index (χ2n) is 6.95. The lowest BCUT2D eigenvalue weighted by Gasteiger charge is -2.43. The Kier molecular flexibility index (Phi) is 9.40. The van der Waals surface area contributed by atoms with Crippen LogP contribution in [-0.2, 0) is 0 Å². The first kappa shape index (κ1) is 32.5. The number of halogens is 18. The second-order valence-corrected chi connectivity index (χ2v) is 8.71. The molecule has 0 spiro atoms. The first-order valence-electron chi connectivity index (χ1n) is 8.56. The van der Waals surface area contributed by atoms with Gasteiger partial charge in [-0.3, -0.25) is 0 Å². The standard InChI is InChI=1S/C15H14F17I/c1-2-3-4-5-7(33)6-8(16,17)9(18,19)10(20,21)11(22,23)12(24,25)13(26,27)14(28,29)15(30,31)32/h7H,2-6H2,1H3. The minimum Gasteiger partial charge on any atom is -0.200 e.